The molecule has 0 unspecified atom stereocenters. The largest absolute Gasteiger partial charge is 0.480 e. The molecule has 1 aromatic rings. The molecule has 0 saturated carbocycles. The SMILES string of the molecule is CC(C)C[C@@H](NC(=O)[C@@H](NC(=O)C1(c2ccccc2)CCN(C(=O)OC(C)(C)C)CC1)C(C)C)C(=O)O. The molecule has 206 valence electrons. The fourth-order valence-electron chi connectivity index (χ4n) is 4.57. The van der Waals surface area contributed by atoms with Crippen molar-refractivity contribution in [1.82, 2.24) is 15.5 Å². The molecule has 1 aliphatic rings. The van der Waals surface area contributed by atoms with Crippen LogP contribution in [0.4, 0.5) is 4.79 Å². The van der Waals surface area contributed by atoms with Crippen molar-refractivity contribution in [3.8, 4) is 0 Å². The van der Waals surface area contributed by atoms with Crippen molar-refractivity contribution in [2.75, 3.05) is 13.1 Å². The minimum atomic E-state index is -1.11. The molecule has 1 aliphatic heterocycles. The van der Waals surface area contributed by atoms with E-state index in [-0.39, 0.29) is 24.2 Å². The lowest BCUT2D eigenvalue weighted by atomic mass is 9.71. The highest BCUT2D eigenvalue weighted by atomic mass is 16.6. The molecule has 0 aliphatic carbocycles. The van der Waals surface area contributed by atoms with Gasteiger partial charge in [0.1, 0.15) is 17.7 Å². The van der Waals surface area contributed by atoms with Crippen LogP contribution < -0.4 is 10.6 Å². The van der Waals surface area contributed by atoms with Gasteiger partial charge in [-0.1, -0.05) is 58.0 Å². The fraction of sp³-hybridized carbons (Fsp3) is 0.643. The Labute approximate surface area is 220 Å². The lowest BCUT2D eigenvalue weighted by Crippen LogP contribution is -2.59. The summed E-state index contributed by atoms with van der Waals surface area (Å²) in [5, 5.41) is 15.1. The van der Waals surface area contributed by atoms with E-state index in [2.05, 4.69) is 10.6 Å². The van der Waals surface area contributed by atoms with Gasteiger partial charge in [-0.05, 0) is 57.4 Å². The van der Waals surface area contributed by atoms with Crippen molar-refractivity contribution < 1.29 is 29.0 Å². The Morgan fingerprint density at radius 2 is 1.57 bits per heavy atom. The first kappa shape index (κ1) is 30.1. The number of hydrogen-bond donors (Lipinski definition) is 3. The summed E-state index contributed by atoms with van der Waals surface area (Å²) in [5.41, 5.74) is -0.761. The second-order valence-corrected chi connectivity index (χ2v) is 11.6. The van der Waals surface area contributed by atoms with Crippen LogP contribution in [0.1, 0.15) is 73.3 Å². The zero-order valence-electron chi connectivity index (χ0n) is 23.2. The van der Waals surface area contributed by atoms with Crippen molar-refractivity contribution in [2.45, 2.75) is 90.8 Å². The summed E-state index contributed by atoms with van der Waals surface area (Å²) in [4.78, 5) is 53.0. The number of nitrogens with zero attached hydrogens (tertiary/aromatic N) is 1. The number of hydrogen-bond acceptors (Lipinski definition) is 5. The molecule has 9 heteroatoms. The number of carbonyl (C=O) groups is 4. The topological polar surface area (TPSA) is 125 Å². The van der Waals surface area contributed by atoms with Crippen LogP contribution in [-0.2, 0) is 24.5 Å². The van der Waals surface area contributed by atoms with E-state index in [0.717, 1.165) is 5.56 Å². The van der Waals surface area contributed by atoms with Gasteiger partial charge in [-0.25, -0.2) is 9.59 Å². The van der Waals surface area contributed by atoms with Gasteiger partial charge < -0.3 is 25.4 Å². The molecule has 1 fully saturated rings. The molecule has 37 heavy (non-hydrogen) atoms. The van der Waals surface area contributed by atoms with Crippen molar-refractivity contribution >= 4 is 23.9 Å². The number of rotatable bonds is 9. The Kier molecular flexibility index (Phi) is 10.1. The number of ether oxygens (including phenoxy) is 1. The molecule has 1 aromatic carbocycles. The Bertz CT molecular complexity index is 946. The second kappa shape index (κ2) is 12.4. The Morgan fingerprint density at radius 1 is 1.00 bits per heavy atom. The van der Waals surface area contributed by atoms with Gasteiger partial charge in [-0.2, -0.15) is 0 Å². The normalized spacial score (nSPS) is 17.2. The van der Waals surface area contributed by atoms with Gasteiger partial charge in [-0.15, -0.1) is 0 Å². The summed E-state index contributed by atoms with van der Waals surface area (Å²) in [6.45, 7) is 13.5. The van der Waals surface area contributed by atoms with Crippen LogP contribution in [0.3, 0.4) is 0 Å². The summed E-state index contributed by atoms with van der Waals surface area (Å²) in [5.74, 6) is -2.14. The van der Waals surface area contributed by atoms with E-state index in [1.165, 1.54) is 0 Å². The average Bonchev–Trinajstić information content (AvgIpc) is 2.80. The highest BCUT2D eigenvalue weighted by Gasteiger charge is 2.45. The van der Waals surface area contributed by atoms with Crippen LogP contribution in [-0.4, -0.2) is 64.7 Å². The minimum absolute atomic E-state index is 0.0741. The van der Waals surface area contributed by atoms with Crippen LogP contribution in [0.15, 0.2) is 30.3 Å². The van der Waals surface area contributed by atoms with E-state index in [1.54, 1.807) is 4.90 Å². The van der Waals surface area contributed by atoms with Gasteiger partial charge in [0, 0.05) is 13.1 Å². The Balaban J connectivity index is 2.27. The van der Waals surface area contributed by atoms with E-state index in [9.17, 15) is 24.3 Å². The van der Waals surface area contributed by atoms with Crippen LogP contribution in [0.25, 0.3) is 0 Å². The van der Waals surface area contributed by atoms with Gasteiger partial charge >= 0.3 is 12.1 Å². The maximum absolute atomic E-state index is 13.9. The Morgan fingerprint density at radius 3 is 2.03 bits per heavy atom. The summed E-state index contributed by atoms with van der Waals surface area (Å²) in [7, 11) is 0. The highest BCUT2D eigenvalue weighted by Crippen LogP contribution is 2.36. The van der Waals surface area contributed by atoms with Gasteiger partial charge in [0.15, 0.2) is 0 Å². The van der Waals surface area contributed by atoms with Crippen LogP contribution in [0, 0.1) is 11.8 Å². The molecule has 1 saturated heterocycles. The van der Waals surface area contributed by atoms with Crippen molar-refractivity contribution in [3.05, 3.63) is 35.9 Å². The van der Waals surface area contributed by atoms with Crippen molar-refractivity contribution in [1.29, 1.82) is 0 Å². The van der Waals surface area contributed by atoms with Gasteiger partial charge in [0.05, 0.1) is 5.41 Å². The summed E-state index contributed by atoms with van der Waals surface area (Å²) >= 11 is 0. The lowest BCUT2D eigenvalue weighted by Gasteiger charge is -2.42. The van der Waals surface area contributed by atoms with Crippen LogP contribution >= 0.6 is 0 Å². The number of amides is 3. The predicted molar refractivity (Wildman–Crippen MR) is 141 cm³/mol. The first-order valence-electron chi connectivity index (χ1n) is 13.0. The average molecular weight is 518 g/mol. The molecule has 3 amide bonds. The number of benzene rings is 1. The molecule has 0 radical (unpaired) electrons. The molecule has 2 atom stereocenters. The molecule has 1 heterocycles. The molecule has 0 spiro atoms. The van der Waals surface area contributed by atoms with Crippen LogP contribution in [0.5, 0.6) is 0 Å². The minimum Gasteiger partial charge on any atom is -0.480 e. The molecular formula is C28H43N3O6. The molecule has 2 rings (SSSR count). The lowest BCUT2D eigenvalue weighted by molar-refractivity contribution is -0.143. The van der Waals surface area contributed by atoms with E-state index in [0.29, 0.717) is 25.9 Å². The maximum Gasteiger partial charge on any atom is 0.410 e. The molecule has 0 aromatic heterocycles. The molecule has 3 N–H and O–H groups in total. The maximum atomic E-state index is 13.9. The quantitative estimate of drug-likeness (QED) is 0.459. The number of nitrogens with one attached hydrogen (secondary N) is 2. The summed E-state index contributed by atoms with van der Waals surface area (Å²) < 4.78 is 5.51. The van der Waals surface area contributed by atoms with Gasteiger partial charge in [0.2, 0.25) is 11.8 Å². The Hall–Kier alpha value is -3.10. The third kappa shape index (κ3) is 8.20. The number of piperidine rings is 1. The van der Waals surface area contributed by atoms with E-state index in [4.69, 9.17) is 4.74 Å². The number of likely N-dealkylation sites (tertiary alicyclic amines) is 1. The van der Waals surface area contributed by atoms with E-state index >= 15 is 0 Å². The fourth-order valence-corrected chi connectivity index (χ4v) is 4.57. The predicted octanol–water partition coefficient (Wildman–Crippen LogP) is 3.71. The molecular weight excluding hydrogens is 474 g/mol. The molecule has 9 nitrogen and oxygen atoms in total. The zero-order valence-corrected chi connectivity index (χ0v) is 23.2. The summed E-state index contributed by atoms with van der Waals surface area (Å²) in [6.07, 6.45) is 0.590. The third-order valence-corrected chi connectivity index (χ3v) is 6.59. The zero-order chi connectivity index (χ0) is 28.0. The van der Waals surface area contributed by atoms with Gasteiger partial charge in [-0.3, -0.25) is 9.59 Å². The summed E-state index contributed by atoms with van der Waals surface area (Å²) in [6, 6.07) is 7.42. The number of aliphatic carboxylic acids is 1. The standard InChI is InChI=1S/C28H43N3O6/c1-18(2)17-21(24(33)34)29-23(32)22(19(3)4)30-25(35)28(20-11-9-8-10-12-20)13-15-31(16-14-28)26(36)37-27(5,6)7/h8-12,18-19,21-22H,13-17H2,1-7H3,(H,29,32)(H,30,35)(H,33,34)/t21-,22+/m1/s1. The van der Waals surface area contributed by atoms with E-state index in [1.807, 2.05) is 78.8 Å². The number of carboxylic acid groups (broad SMARTS) is 1. The van der Waals surface area contributed by atoms with Crippen molar-refractivity contribution in [3.63, 3.8) is 0 Å². The monoisotopic (exact) mass is 517 g/mol. The smallest absolute Gasteiger partial charge is 0.410 e. The van der Waals surface area contributed by atoms with Gasteiger partial charge in [0.25, 0.3) is 0 Å². The first-order valence-corrected chi connectivity index (χ1v) is 13.0. The van der Waals surface area contributed by atoms with Crippen LogP contribution in [0.2, 0.25) is 0 Å². The van der Waals surface area contributed by atoms with E-state index < -0.39 is 41.1 Å². The number of carboxylic acids is 1. The second-order valence-electron chi connectivity index (χ2n) is 11.6. The highest BCUT2D eigenvalue weighted by molar-refractivity contribution is 5.94. The third-order valence-electron chi connectivity index (χ3n) is 6.59. The van der Waals surface area contributed by atoms with Crippen molar-refractivity contribution in [2.24, 2.45) is 11.8 Å². The first-order chi connectivity index (χ1) is 17.2. The molecule has 0 bridgehead atoms. The number of carbonyl (C=O) groups excluding carboxylic acids is 3.